The number of carbonyl (C=O) groups excluding carboxylic acids is 2. The van der Waals surface area contributed by atoms with Gasteiger partial charge in [-0.25, -0.2) is 0 Å². The van der Waals surface area contributed by atoms with Crippen LogP contribution in [0.4, 0.5) is 0 Å². The zero-order valence-electron chi connectivity index (χ0n) is 37.7. The molecule has 14 heteroatoms. The molecular formula is C53H46O12P2. The molecule has 6 aromatic carbocycles. The van der Waals surface area contributed by atoms with Gasteiger partial charge in [-0.15, -0.1) is 0 Å². The van der Waals surface area contributed by atoms with Crippen molar-refractivity contribution in [1.29, 1.82) is 0 Å². The second kappa shape index (κ2) is 15.0. The molecular weight excluding hydrogens is 891 g/mol. The largest absolute Gasteiger partial charge is 0.530 e. The van der Waals surface area contributed by atoms with Gasteiger partial charge in [0.25, 0.3) is 0 Å². The van der Waals surface area contributed by atoms with Crippen LogP contribution in [-0.4, -0.2) is 34.0 Å². The molecule has 5 heterocycles. The summed E-state index contributed by atoms with van der Waals surface area (Å²) in [5.41, 5.74) is 1.85. The highest BCUT2D eigenvalue weighted by Crippen LogP contribution is 2.57. The normalized spacial score (nSPS) is 24.1. The summed E-state index contributed by atoms with van der Waals surface area (Å²) in [4.78, 5) is 29.8. The third-order valence-corrected chi connectivity index (χ3v) is 14.9. The molecule has 12 rings (SSSR count). The van der Waals surface area contributed by atoms with Gasteiger partial charge in [-0.05, 0) is 77.9 Å². The van der Waals surface area contributed by atoms with Gasteiger partial charge < -0.3 is 46.1 Å². The number of benzene rings is 6. The van der Waals surface area contributed by atoms with Crippen LogP contribution in [0.1, 0.15) is 102 Å². The Labute approximate surface area is 390 Å². The van der Waals surface area contributed by atoms with E-state index >= 15 is 4.79 Å². The first-order valence-corrected chi connectivity index (χ1v) is 24.6. The first kappa shape index (κ1) is 41.9. The predicted molar refractivity (Wildman–Crippen MR) is 250 cm³/mol. The minimum atomic E-state index is -2.41. The fraction of sp³-hybridized carbons (Fsp3) is 0.283. The summed E-state index contributed by atoms with van der Waals surface area (Å²) >= 11 is 0. The lowest BCUT2D eigenvalue weighted by molar-refractivity contribution is 0.00701. The number of fused-ring (bicyclic) bond motifs is 4. The Balaban J connectivity index is 0.996. The van der Waals surface area contributed by atoms with E-state index in [9.17, 15) is 4.79 Å². The van der Waals surface area contributed by atoms with Crippen molar-refractivity contribution in [2.75, 3.05) is 0 Å². The first-order chi connectivity index (χ1) is 32.1. The average molecular weight is 937 g/mol. The molecule has 6 bridgehead atoms. The molecule has 4 atom stereocenters. The van der Waals surface area contributed by atoms with E-state index in [-0.39, 0.29) is 33.8 Å². The van der Waals surface area contributed by atoms with Crippen LogP contribution in [-0.2, 0) is 25.7 Å². The van der Waals surface area contributed by atoms with Crippen LogP contribution in [0.2, 0.25) is 0 Å². The molecule has 6 aromatic rings. The fourth-order valence-electron chi connectivity index (χ4n) is 10.4. The van der Waals surface area contributed by atoms with Crippen LogP contribution in [0.3, 0.4) is 0 Å². The molecule has 67 heavy (non-hydrogen) atoms. The molecule has 0 saturated heterocycles. The van der Waals surface area contributed by atoms with Crippen molar-refractivity contribution in [3.8, 4) is 57.5 Å². The highest BCUT2D eigenvalue weighted by molar-refractivity contribution is 7.43. The van der Waals surface area contributed by atoms with E-state index in [2.05, 4.69) is 13.8 Å². The van der Waals surface area contributed by atoms with E-state index in [4.69, 9.17) is 46.1 Å². The van der Waals surface area contributed by atoms with Gasteiger partial charge in [-0.1, -0.05) is 72.8 Å². The minimum Gasteiger partial charge on any atom is -0.483 e. The summed E-state index contributed by atoms with van der Waals surface area (Å²) in [6, 6.07) is 32.7. The van der Waals surface area contributed by atoms with Crippen LogP contribution >= 0.6 is 17.2 Å². The van der Waals surface area contributed by atoms with Gasteiger partial charge in [0.1, 0.15) is 33.9 Å². The Morgan fingerprint density at radius 2 is 0.791 bits per heavy atom. The lowest BCUT2D eigenvalue weighted by Gasteiger charge is -2.34. The number of ether oxygens (including phenoxy) is 4. The first-order valence-electron chi connectivity index (χ1n) is 22.4. The van der Waals surface area contributed by atoms with E-state index in [0.29, 0.717) is 78.1 Å². The number of carbonyl (C=O) groups is 2. The van der Waals surface area contributed by atoms with Crippen molar-refractivity contribution in [3.63, 3.8) is 0 Å². The highest BCUT2D eigenvalue weighted by Gasteiger charge is 2.48. The van der Waals surface area contributed by atoms with Gasteiger partial charge in [-0.2, -0.15) is 0 Å². The maximum Gasteiger partial charge on any atom is 0.530 e. The van der Waals surface area contributed by atoms with Crippen molar-refractivity contribution < 1.29 is 55.7 Å². The highest BCUT2D eigenvalue weighted by atomic mass is 31.2. The Morgan fingerprint density at radius 3 is 1.24 bits per heavy atom. The third kappa shape index (κ3) is 7.36. The van der Waals surface area contributed by atoms with Gasteiger partial charge >= 0.3 is 17.2 Å². The summed E-state index contributed by atoms with van der Waals surface area (Å²) in [6.07, 6.45) is 3.02. The van der Waals surface area contributed by atoms with E-state index in [0.717, 1.165) is 22.3 Å². The zero-order chi connectivity index (χ0) is 46.0. The second-order valence-electron chi connectivity index (χ2n) is 19.7. The Kier molecular flexibility index (Phi) is 9.39. The minimum absolute atomic E-state index is 0.0270. The van der Waals surface area contributed by atoms with Crippen molar-refractivity contribution in [3.05, 3.63) is 154 Å². The SMILES string of the molecule is CC1(C)Cc2cccc(OP3Oc4cccc5c4OC(C)(C5)CC4(C)Cc5cccc(c5O4)OP(Oc4cccc5c4OC(C)(C)C5)Oc4cccc5c4C(=O)c4c(cccc4C5=O)O3)c2O1. The number of hydrogen-bond donors (Lipinski definition) is 0. The van der Waals surface area contributed by atoms with E-state index in [1.807, 2.05) is 88.4 Å². The number of ketones is 2. The molecule has 4 unspecified atom stereocenters. The summed E-state index contributed by atoms with van der Waals surface area (Å²) in [5.74, 6) is 3.14. The van der Waals surface area contributed by atoms with Gasteiger partial charge in [0.15, 0.2) is 51.8 Å². The van der Waals surface area contributed by atoms with Crippen molar-refractivity contribution in [2.24, 2.45) is 0 Å². The molecule has 0 aromatic heterocycles. The summed E-state index contributed by atoms with van der Waals surface area (Å²) in [6.45, 7) is 12.2. The molecule has 6 aliphatic rings. The summed E-state index contributed by atoms with van der Waals surface area (Å²) in [7, 11) is -4.83. The van der Waals surface area contributed by atoms with Gasteiger partial charge in [-0.3, -0.25) is 9.59 Å². The average Bonchev–Trinajstić information content (AvgIpc) is 4.00. The molecule has 1 aliphatic carbocycles. The zero-order valence-corrected chi connectivity index (χ0v) is 39.5. The topological polar surface area (TPSA) is 126 Å². The van der Waals surface area contributed by atoms with Crippen LogP contribution in [0, 0.1) is 0 Å². The van der Waals surface area contributed by atoms with E-state index in [1.165, 1.54) is 0 Å². The van der Waals surface area contributed by atoms with Crippen LogP contribution in [0.25, 0.3) is 0 Å². The quantitative estimate of drug-likeness (QED) is 0.156. The second-order valence-corrected chi connectivity index (χ2v) is 21.7. The fourth-order valence-corrected chi connectivity index (χ4v) is 12.4. The summed E-state index contributed by atoms with van der Waals surface area (Å²) < 4.78 is 67.0. The number of rotatable bonds is 4. The molecule has 340 valence electrons. The Morgan fingerprint density at radius 1 is 0.418 bits per heavy atom. The Hall–Kier alpha value is -6.48. The smallest absolute Gasteiger partial charge is 0.483 e. The lowest BCUT2D eigenvalue weighted by atomic mass is 9.83. The van der Waals surface area contributed by atoms with Crippen LogP contribution in [0.5, 0.6) is 57.5 Å². The monoisotopic (exact) mass is 936 g/mol. The van der Waals surface area contributed by atoms with Crippen LogP contribution in [0.15, 0.2) is 109 Å². The molecule has 0 radical (unpaired) electrons. The standard InChI is InChI=1S/C53H46O12P2/c1-50(2)25-30-13-7-21-38(46(30)56-50)62-66-60-36-19-11-17-34-42(36)45(55)43-35(44(34)54)18-12-20-37(43)61-67(63-39-22-8-14-31-26-51(3,4)57-47(31)39)65-41-24-10-16-33-28-53(6,59-49(33)41)29-52(5)27-32-15-9-23-40(64-66)48(32)58-52/h7-24H,25-29H2,1-6H3. The molecule has 0 spiro atoms. The van der Waals surface area contributed by atoms with E-state index < -0.39 is 51.2 Å². The van der Waals surface area contributed by atoms with E-state index in [1.54, 1.807) is 48.5 Å². The number of para-hydroxylation sites is 4. The van der Waals surface area contributed by atoms with Gasteiger partial charge in [0.05, 0.1) is 11.1 Å². The third-order valence-electron chi connectivity index (χ3n) is 12.8. The predicted octanol–water partition coefficient (Wildman–Crippen LogP) is 12.2. The van der Waals surface area contributed by atoms with Crippen molar-refractivity contribution in [2.45, 2.75) is 96.1 Å². The summed E-state index contributed by atoms with van der Waals surface area (Å²) in [5, 5.41) is 0. The maximum atomic E-state index is 15.2. The van der Waals surface area contributed by atoms with Crippen molar-refractivity contribution >= 4 is 28.8 Å². The molecule has 0 saturated carbocycles. The van der Waals surface area contributed by atoms with Gasteiger partial charge in [0.2, 0.25) is 5.78 Å². The molecule has 12 nitrogen and oxygen atoms in total. The maximum absolute atomic E-state index is 15.2. The lowest BCUT2D eigenvalue weighted by Crippen LogP contribution is -2.43. The molecule has 0 N–H and O–H groups in total. The van der Waals surface area contributed by atoms with Crippen LogP contribution < -0.4 is 46.1 Å². The molecule has 5 aliphatic heterocycles. The van der Waals surface area contributed by atoms with Gasteiger partial charge in [0, 0.05) is 65.5 Å². The van der Waals surface area contributed by atoms with Crippen molar-refractivity contribution in [1.82, 2.24) is 0 Å². The molecule has 0 fully saturated rings. The molecule has 0 amide bonds. The number of hydrogen-bond acceptors (Lipinski definition) is 12. The Bertz CT molecular complexity index is 2890.